The molecule has 0 aromatic heterocycles. The van der Waals surface area contributed by atoms with Crippen LogP contribution in [0.5, 0.6) is 0 Å². The third-order valence-electron chi connectivity index (χ3n) is 5.63. The summed E-state index contributed by atoms with van der Waals surface area (Å²) in [7, 11) is 0. The fraction of sp³-hybridized carbons (Fsp3) is 1.00. The number of hydroxylamine groups is 1. The summed E-state index contributed by atoms with van der Waals surface area (Å²) in [5, 5.41) is 0. The third-order valence-corrected chi connectivity index (χ3v) is 5.63. The smallest absolute Gasteiger partial charge is 0.0946 e. The van der Waals surface area contributed by atoms with Crippen LogP contribution >= 0.6 is 0 Å². The van der Waals surface area contributed by atoms with E-state index in [-0.39, 0.29) is 5.60 Å². The van der Waals surface area contributed by atoms with Crippen LogP contribution < -0.4 is 5.48 Å². The Hall–Kier alpha value is -0.0800. The van der Waals surface area contributed by atoms with Crippen LogP contribution in [0.15, 0.2) is 0 Å². The monoisotopic (exact) mass is 223 g/mol. The molecule has 1 spiro atoms. The predicted molar refractivity (Wildman–Crippen MR) is 64.9 cm³/mol. The summed E-state index contributed by atoms with van der Waals surface area (Å²) >= 11 is 0. The second-order valence-electron chi connectivity index (χ2n) is 7.63. The summed E-state index contributed by atoms with van der Waals surface area (Å²) < 4.78 is 0. The van der Waals surface area contributed by atoms with Gasteiger partial charge in [-0.25, -0.2) is 0 Å². The van der Waals surface area contributed by atoms with Gasteiger partial charge in [-0.1, -0.05) is 27.7 Å². The zero-order chi connectivity index (χ0) is 11.6. The molecule has 0 unspecified atom stereocenters. The van der Waals surface area contributed by atoms with Gasteiger partial charge >= 0.3 is 0 Å². The van der Waals surface area contributed by atoms with Crippen LogP contribution in [0.25, 0.3) is 0 Å². The molecular weight excluding hydrogens is 198 g/mol. The fourth-order valence-corrected chi connectivity index (χ4v) is 4.45. The van der Waals surface area contributed by atoms with Crippen LogP contribution in [-0.4, -0.2) is 11.6 Å². The van der Waals surface area contributed by atoms with Crippen LogP contribution in [0.2, 0.25) is 0 Å². The molecule has 1 N–H and O–H groups in total. The third kappa shape index (κ3) is 1.32. The Labute approximate surface area is 99.1 Å². The molecule has 3 atom stereocenters. The van der Waals surface area contributed by atoms with Crippen molar-refractivity contribution in [2.45, 2.75) is 71.4 Å². The summed E-state index contributed by atoms with van der Waals surface area (Å²) in [6, 6.07) is 0.567. The highest BCUT2D eigenvalue weighted by Gasteiger charge is 2.61. The molecule has 2 aliphatic carbocycles. The lowest BCUT2D eigenvalue weighted by molar-refractivity contribution is -0.149. The maximum Gasteiger partial charge on any atom is 0.0946 e. The van der Waals surface area contributed by atoms with Gasteiger partial charge in [0.1, 0.15) is 0 Å². The molecule has 0 amide bonds. The maximum atomic E-state index is 6.09. The minimum atomic E-state index is 0.169. The van der Waals surface area contributed by atoms with Crippen LogP contribution in [0.4, 0.5) is 0 Å². The van der Waals surface area contributed by atoms with E-state index < -0.39 is 0 Å². The zero-order valence-corrected chi connectivity index (χ0v) is 11.1. The highest BCUT2D eigenvalue weighted by molar-refractivity contribution is 5.11. The zero-order valence-electron chi connectivity index (χ0n) is 11.1. The first-order valence-electron chi connectivity index (χ1n) is 6.79. The average molecular weight is 223 g/mol. The lowest BCUT2D eigenvalue weighted by Gasteiger charge is -2.54. The number of nitrogens with one attached hydrogen (secondary N) is 1. The second kappa shape index (κ2) is 3.02. The summed E-state index contributed by atoms with van der Waals surface area (Å²) in [5.41, 5.74) is 4.34. The molecule has 2 bridgehead atoms. The Kier molecular flexibility index (Phi) is 2.09. The van der Waals surface area contributed by atoms with Gasteiger partial charge in [0.05, 0.1) is 5.60 Å². The van der Waals surface area contributed by atoms with Crippen molar-refractivity contribution < 1.29 is 4.84 Å². The van der Waals surface area contributed by atoms with Crippen LogP contribution in [0.1, 0.15) is 59.8 Å². The van der Waals surface area contributed by atoms with Crippen LogP contribution in [-0.2, 0) is 4.84 Å². The Bertz CT molecular complexity index is 310. The van der Waals surface area contributed by atoms with Crippen molar-refractivity contribution in [1.29, 1.82) is 0 Å². The fourth-order valence-electron chi connectivity index (χ4n) is 4.45. The first-order chi connectivity index (χ1) is 7.36. The minimum Gasteiger partial charge on any atom is -0.295 e. The Morgan fingerprint density at radius 2 is 1.75 bits per heavy atom. The van der Waals surface area contributed by atoms with Crippen molar-refractivity contribution in [3.8, 4) is 0 Å². The Morgan fingerprint density at radius 3 is 2.50 bits per heavy atom. The highest BCUT2D eigenvalue weighted by Crippen LogP contribution is 2.60. The van der Waals surface area contributed by atoms with E-state index in [2.05, 4.69) is 33.2 Å². The summed E-state index contributed by atoms with van der Waals surface area (Å²) in [6.45, 7) is 9.68. The van der Waals surface area contributed by atoms with Crippen molar-refractivity contribution in [3.63, 3.8) is 0 Å². The number of hydrogen-bond acceptors (Lipinski definition) is 2. The van der Waals surface area contributed by atoms with Crippen LogP contribution in [0, 0.1) is 16.7 Å². The average Bonchev–Trinajstić information content (AvgIpc) is 2.53. The standard InChI is InChI=1S/C14H25NO/c1-12(2)6-5-7-14-9-11(15-16-14)13(3,4)8-10(12)14/h10-11,15H,5-9H2,1-4H3/t10-,11-,14-/m1/s1. The molecule has 3 aliphatic rings. The van der Waals surface area contributed by atoms with Gasteiger partial charge in [0.2, 0.25) is 0 Å². The van der Waals surface area contributed by atoms with Gasteiger partial charge in [0, 0.05) is 6.04 Å². The molecule has 92 valence electrons. The molecule has 3 rings (SSSR count). The molecule has 16 heavy (non-hydrogen) atoms. The largest absolute Gasteiger partial charge is 0.295 e. The minimum absolute atomic E-state index is 0.169. The van der Waals surface area contributed by atoms with Crippen molar-refractivity contribution in [2.24, 2.45) is 16.7 Å². The van der Waals surface area contributed by atoms with Crippen LogP contribution in [0.3, 0.4) is 0 Å². The molecule has 0 aromatic rings. The van der Waals surface area contributed by atoms with E-state index in [1.165, 1.54) is 32.1 Å². The highest BCUT2D eigenvalue weighted by atomic mass is 16.7. The summed E-state index contributed by atoms with van der Waals surface area (Å²) in [4.78, 5) is 6.09. The van der Waals surface area contributed by atoms with E-state index in [9.17, 15) is 0 Å². The first kappa shape index (κ1) is 11.0. The molecule has 0 aromatic carbocycles. The molecule has 2 nitrogen and oxygen atoms in total. The number of rotatable bonds is 0. The van der Waals surface area contributed by atoms with Gasteiger partial charge in [0.15, 0.2) is 0 Å². The van der Waals surface area contributed by atoms with E-state index in [0.29, 0.717) is 16.9 Å². The van der Waals surface area contributed by atoms with Crippen molar-refractivity contribution in [3.05, 3.63) is 0 Å². The van der Waals surface area contributed by atoms with Crippen molar-refractivity contribution >= 4 is 0 Å². The molecule has 1 saturated heterocycles. The van der Waals surface area contributed by atoms with Gasteiger partial charge in [-0.2, -0.15) is 5.48 Å². The van der Waals surface area contributed by atoms with E-state index in [1.54, 1.807) is 0 Å². The lowest BCUT2D eigenvalue weighted by Crippen LogP contribution is -2.54. The second-order valence-corrected chi connectivity index (χ2v) is 7.63. The first-order valence-corrected chi connectivity index (χ1v) is 6.79. The van der Waals surface area contributed by atoms with Gasteiger partial charge in [-0.05, 0) is 48.9 Å². The van der Waals surface area contributed by atoms with E-state index in [0.717, 1.165) is 5.92 Å². The maximum absolute atomic E-state index is 6.09. The quantitative estimate of drug-likeness (QED) is 0.680. The Balaban J connectivity index is 1.99. The molecule has 1 aliphatic heterocycles. The molecule has 3 fully saturated rings. The topological polar surface area (TPSA) is 21.3 Å². The van der Waals surface area contributed by atoms with E-state index >= 15 is 0 Å². The van der Waals surface area contributed by atoms with E-state index in [1.807, 2.05) is 0 Å². The Morgan fingerprint density at radius 1 is 1.00 bits per heavy atom. The van der Waals surface area contributed by atoms with Gasteiger partial charge in [-0.3, -0.25) is 4.84 Å². The van der Waals surface area contributed by atoms with Gasteiger partial charge in [-0.15, -0.1) is 0 Å². The molecule has 2 heteroatoms. The number of hydrogen-bond donors (Lipinski definition) is 1. The predicted octanol–water partition coefficient (Wildman–Crippen LogP) is 3.27. The lowest BCUT2D eigenvalue weighted by atomic mass is 9.51. The van der Waals surface area contributed by atoms with Gasteiger partial charge < -0.3 is 0 Å². The summed E-state index contributed by atoms with van der Waals surface area (Å²) in [6.07, 6.45) is 6.51. The number of fused-ring (bicyclic) bond motifs is 1. The van der Waals surface area contributed by atoms with Gasteiger partial charge in [0.25, 0.3) is 0 Å². The SMILES string of the molecule is CC1(C)CCC[C@]23C[C@@H](NO2)C(C)(C)C[C@H]13. The molecule has 0 radical (unpaired) electrons. The van der Waals surface area contributed by atoms with Crippen molar-refractivity contribution in [1.82, 2.24) is 5.48 Å². The molecule has 2 saturated carbocycles. The summed E-state index contributed by atoms with van der Waals surface area (Å²) in [5.74, 6) is 0.731. The normalized spacial score (nSPS) is 48.8. The van der Waals surface area contributed by atoms with E-state index in [4.69, 9.17) is 4.84 Å². The van der Waals surface area contributed by atoms with Crippen molar-refractivity contribution in [2.75, 3.05) is 0 Å². The molecular formula is C14H25NO. The molecule has 1 heterocycles.